The van der Waals surface area contributed by atoms with Gasteiger partial charge in [-0.25, -0.2) is 9.59 Å². The maximum Gasteiger partial charge on any atom is 0.411 e. The quantitative estimate of drug-likeness (QED) is 0.571. The number of esters is 1. The molecule has 1 unspecified atom stereocenters. The van der Waals surface area contributed by atoms with Crippen LogP contribution in [0, 0.1) is 0 Å². The van der Waals surface area contributed by atoms with Gasteiger partial charge in [-0.05, 0) is 47.1 Å². The fourth-order valence-electron chi connectivity index (χ4n) is 1.94. The van der Waals surface area contributed by atoms with Crippen LogP contribution in [-0.2, 0) is 14.3 Å². The van der Waals surface area contributed by atoms with Crippen LogP contribution in [-0.4, -0.2) is 41.3 Å². The van der Waals surface area contributed by atoms with Crippen LogP contribution in [0.4, 0.5) is 4.79 Å². The van der Waals surface area contributed by atoms with E-state index in [9.17, 15) is 9.59 Å². The minimum absolute atomic E-state index is 0.282. The predicted octanol–water partition coefficient (Wildman–Crippen LogP) is 2.51. The molecule has 0 aromatic rings. The molecule has 1 aliphatic rings. The van der Waals surface area contributed by atoms with Crippen LogP contribution in [0.25, 0.3) is 0 Å². The zero-order chi connectivity index (χ0) is 14.8. The van der Waals surface area contributed by atoms with Gasteiger partial charge in [0.2, 0.25) is 0 Å². The van der Waals surface area contributed by atoms with E-state index in [1.165, 1.54) is 4.90 Å². The van der Waals surface area contributed by atoms with Gasteiger partial charge in [-0.2, -0.15) is 0 Å². The zero-order valence-electron chi connectivity index (χ0n) is 12.6. The van der Waals surface area contributed by atoms with Crippen molar-refractivity contribution in [2.24, 2.45) is 0 Å². The molecule has 0 saturated carbocycles. The highest BCUT2D eigenvalue weighted by molar-refractivity contribution is 5.90. The Morgan fingerprint density at radius 1 is 1.42 bits per heavy atom. The molecule has 1 atom stereocenters. The van der Waals surface area contributed by atoms with Crippen LogP contribution in [0.15, 0.2) is 11.6 Å². The molecule has 1 amide bonds. The summed E-state index contributed by atoms with van der Waals surface area (Å²) in [6, 6.07) is 0. The van der Waals surface area contributed by atoms with Crippen molar-refractivity contribution < 1.29 is 19.1 Å². The molecule has 0 radical (unpaired) electrons. The van der Waals surface area contributed by atoms with Crippen molar-refractivity contribution in [3.05, 3.63) is 11.6 Å². The number of rotatable bonds is 2. The molecule has 0 bridgehead atoms. The predicted molar refractivity (Wildman–Crippen MR) is 71.7 cm³/mol. The Balaban J connectivity index is 2.96. The summed E-state index contributed by atoms with van der Waals surface area (Å²) in [5, 5.41) is 0. The van der Waals surface area contributed by atoms with Crippen molar-refractivity contribution in [3.63, 3.8) is 0 Å². The van der Waals surface area contributed by atoms with E-state index in [2.05, 4.69) is 0 Å². The van der Waals surface area contributed by atoms with E-state index in [0.717, 1.165) is 5.57 Å². The Labute approximate surface area is 114 Å². The van der Waals surface area contributed by atoms with E-state index in [-0.39, 0.29) is 6.61 Å². The lowest BCUT2D eigenvalue weighted by Gasteiger charge is -2.35. The van der Waals surface area contributed by atoms with Gasteiger partial charge in [0.15, 0.2) is 5.54 Å². The maximum absolute atomic E-state index is 12.2. The normalized spacial score (nSPS) is 23.1. The largest absolute Gasteiger partial charge is 0.464 e. The summed E-state index contributed by atoms with van der Waals surface area (Å²) in [5.41, 5.74) is -0.863. The minimum Gasteiger partial charge on any atom is -0.464 e. The summed E-state index contributed by atoms with van der Waals surface area (Å²) in [5.74, 6) is -0.424. The Morgan fingerprint density at radius 2 is 2.00 bits per heavy atom. The van der Waals surface area contributed by atoms with Crippen molar-refractivity contribution >= 4 is 12.1 Å². The summed E-state index contributed by atoms with van der Waals surface area (Å²) in [7, 11) is 0. The summed E-state index contributed by atoms with van der Waals surface area (Å²) in [6.07, 6.45) is 1.34. The van der Waals surface area contributed by atoms with Crippen LogP contribution in [0.1, 0.15) is 41.5 Å². The number of nitrogens with zero attached hydrogens (tertiary/aromatic N) is 1. The van der Waals surface area contributed by atoms with Crippen molar-refractivity contribution in [1.82, 2.24) is 4.90 Å². The van der Waals surface area contributed by atoms with E-state index in [1.807, 2.05) is 13.0 Å². The minimum atomic E-state index is -1.07. The lowest BCUT2D eigenvalue weighted by molar-refractivity contribution is -0.153. The summed E-state index contributed by atoms with van der Waals surface area (Å²) >= 11 is 0. The molecule has 0 N–H and O–H groups in total. The fourth-order valence-corrected chi connectivity index (χ4v) is 1.94. The topological polar surface area (TPSA) is 55.8 Å². The molecule has 0 fully saturated rings. The molecule has 108 valence electrons. The van der Waals surface area contributed by atoms with Gasteiger partial charge in [0, 0.05) is 6.54 Å². The fraction of sp³-hybridized carbons (Fsp3) is 0.714. The number of carbonyl (C=O) groups excluding carboxylic acids is 2. The first-order valence-corrected chi connectivity index (χ1v) is 6.48. The lowest BCUT2D eigenvalue weighted by Crippen LogP contribution is -2.54. The summed E-state index contributed by atoms with van der Waals surface area (Å²) in [6.45, 7) is 11.3. The SMILES string of the molecule is CCOC(=O)C1(C)C(C)=CCN1C(=O)OC(C)(C)C. The molecular formula is C14H23NO4. The molecule has 0 saturated heterocycles. The van der Waals surface area contributed by atoms with E-state index in [4.69, 9.17) is 9.47 Å². The number of ether oxygens (including phenoxy) is 2. The van der Waals surface area contributed by atoms with Gasteiger partial charge in [-0.15, -0.1) is 0 Å². The molecule has 5 nitrogen and oxygen atoms in total. The molecule has 0 aromatic heterocycles. The molecule has 0 aromatic carbocycles. The maximum atomic E-state index is 12.2. The molecule has 0 aliphatic carbocycles. The average molecular weight is 269 g/mol. The molecule has 5 heteroatoms. The Bertz CT molecular complexity index is 408. The van der Waals surface area contributed by atoms with E-state index < -0.39 is 23.2 Å². The monoisotopic (exact) mass is 269 g/mol. The zero-order valence-corrected chi connectivity index (χ0v) is 12.6. The van der Waals surface area contributed by atoms with E-state index in [0.29, 0.717) is 6.54 Å². The van der Waals surface area contributed by atoms with Gasteiger partial charge < -0.3 is 9.47 Å². The number of hydrogen-bond acceptors (Lipinski definition) is 4. The van der Waals surface area contributed by atoms with Crippen LogP contribution in [0.5, 0.6) is 0 Å². The Morgan fingerprint density at radius 3 is 2.47 bits per heavy atom. The highest BCUT2D eigenvalue weighted by Crippen LogP contribution is 2.32. The van der Waals surface area contributed by atoms with Gasteiger partial charge in [0.1, 0.15) is 5.60 Å². The van der Waals surface area contributed by atoms with Crippen molar-refractivity contribution in [2.45, 2.75) is 52.7 Å². The smallest absolute Gasteiger partial charge is 0.411 e. The van der Waals surface area contributed by atoms with Gasteiger partial charge in [0.05, 0.1) is 6.61 Å². The van der Waals surface area contributed by atoms with Crippen LogP contribution >= 0.6 is 0 Å². The van der Waals surface area contributed by atoms with Gasteiger partial charge in [-0.1, -0.05) is 6.08 Å². The van der Waals surface area contributed by atoms with Gasteiger partial charge in [-0.3, -0.25) is 4.90 Å². The third-order valence-corrected chi connectivity index (χ3v) is 3.17. The van der Waals surface area contributed by atoms with Gasteiger partial charge >= 0.3 is 12.1 Å². The molecular weight excluding hydrogens is 246 g/mol. The number of hydrogen-bond donors (Lipinski definition) is 0. The summed E-state index contributed by atoms with van der Waals surface area (Å²) < 4.78 is 10.4. The lowest BCUT2D eigenvalue weighted by atomic mass is 9.94. The van der Waals surface area contributed by atoms with Crippen LogP contribution < -0.4 is 0 Å². The molecule has 0 spiro atoms. The van der Waals surface area contributed by atoms with Gasteiger partial charge in [0.25, 0.3) is 0 Å². The third kappa shape index (κ3) is 3.08. The highest BCUT2D eigenvalue weighted by Gasteiger charge is 2.49. The second kappa shape index (κ2) is 5.23. The van der Waals surface area contributed by atoms with Crippen molar-refractivity contribution in [2.75, 3.05) is 13.2 Å². The summed E-state index contributed by atoms with van der Waals surface area (Å²) in [4.78, 5) is 25.7. The molecule has 1 rings (SSSR count). The van der Waals surface area contributed by atoms with E-state index >= 15 is 0 Å². The van der Waals surface area contributed by atoms with Crippen LogP contribution in [0.3, 0.4) is 0 Å². The number of carbonyl (C=O) groups is 2. The number of amides is 1. The molecule has 19 heavy (non-hydrogen) atoms. The second-order valence-corrected chi connectivity index (χ2v) is 5.77. The molecule has 1 aliphatic heterocycles. The Kier molecular flexibility index (Phi) is 4.28. The second-order valence-electron chi connectivity index (χ2n) is 5.77. The van der Waals surface area contributed by atoms with Crippen LogP contribution in [0.2, 0.25) is 0 Å². The highest BCUT2D eigenvalue weighted by atomic mass is 16.6. The van der Waals surface area contributed by atoms with Crippen molar-refractivity contribution in [3.8, 4) is 0 Å². The standard InChI is InChI=1S/C14H23NO4/c1-7-18-11(16)14(6)10(2)8-9-15(14)12(17)19-13(3,4)5/h8H,7,9H2,1-6H3. The Hall–Kier alpha value is -1.52. The first-order chi connectivity index (χ1) is 8.63. The van der Waals surface area contributed by atoms with Crippen molar-refractivity contribution in [1.29, 1.82) is 0 Å². The first-order valence-electron chi connectivity index (χ1n) is 6.48. The molecule has 1 heterocycles. The third-order valence-electron chi connectivity index (χ3n) is 3.17. The average Bonchev–Trinajstić information content (AvgIpc) is 2.55. The van der Waals surface area contributed by atoms with E-state index in [1.54, 1.807) is 34.6 Å². The first kappa shape index (κ1) is 15.5.